The maximum absolute atomic E-state index is 5.30. The lowest BCUT2D eigenvalue weighted by Crippen LogP contribution is -2.22. The van der Waals surface area contributed by atoms with Crippen molar-refractivity contribution in [2.75, 3.05) is 6.54 Å². The SMILES string of the molecule is C#CCNC(Cc1cccs1)c1cccs1. The third-order valence-corrected chi connectivity index (χ3v) is 4.21. The van der Waals surface area contributed by atoms with Gasteiger partial charge in [-0.2, -0.15) is 0 Å². The second-order valence-corrected chi connectivity index (χ2v) is 5.45. The zero-order valence-corrected chi connectivity index (χ0v) is 10.5. The second-order valence-electron chi connectivity index (χ2n) is 3.44. The largest absolute Gasteiger partial charge is 0.298 e. The number of thiophene rings is 2. The molecule has 0 spiro atoms. The van der Waals surface area contributed by atoms with Crippen LogP contribution in [0.15, 0.2) is 35.0 Å². The highest BCUT2D eigenvalue weighted by Gasteiger charge is 2.12. The normalized spacial score (nSPS) is 12.2. The molecule has 1 nitrogen and oxygen atoms in total. The molecule has 0 aromatic carbocycles. The monoisotopic (exact) mass is 247 g/mol. The van der Waals surface area contributed by atoms with Gasteiger partial charge in [-0.1, -0.05) is 18.1 Å². The molecule has 0 bridgehead atoms. The van der Waals surface area contributed by atoms with Gasteiger partial charge in [-0.15, -0.1) is 29.1 Å². The van der Waals surface area contributed by atoms with Crippen LogP contribution in [0.1, 0.15) is 15.8 Å². The Kier molecular flexibility index (Phi) is 4.17. The fourth-order valence-electron chi connectivity index (χ4n) is 1.57. The minimum atomic E-state index is 0.342. The summed E-state index contributed by atoms with van der Waals surface area (Å²) in [6, 6.07) is 8.84. The van der Waals surface area contributed by atoms with Crippen LogP contribution in [0.2, 0.25) is 0 Å². The first kappa shape index (κ1) is 11.4. The van der Waals surface area contributed by atoms with E-state index in [1.807, 2.05) is 0 Å². The molecule has 2 aromatic heterocycles. The number of terminal acetylenes is 1. The Morgan fingerprint density at radius 1 is 1.25 bits per heavy atom. The zero-order chi connectivity index (χ0) is 11.2. The molecule has 2 aromatic rings. The van der Waals surface area contributed by atoms with E-state index in [4.69, 9.17) is 6.42 Å². The molecule has 2 heterocycles. The third kappa shape index (κ3) is 2.96. The van der Waals surface area contributed by atoms with Crippen LogP contribution in [0.4, 0.5) is 0 Å². The predicted molar refractivity (Wildman–Crippen MR) is 71.9 cm³/mol. The summed E-state index contributed by atoms with van der Waals surface area (Å²) in [5.74, 6) is 2.64. The Hall–Kier alpha value is -1.08. The van der Waals surface area contributed by atoms with Gasteiger partial charge in [-0.25, -0.2) is 0 Å². The molecule has 0 saturated heterocycles. The molecule has 1 atom stereocenters. The molecule has 82 valence electrons. The van der Waals surface area contributed by atoms with Crippen molar-refractivity contribution in [2.45, 2.75) is 12.5 Å². The van der Waals surface area contributed by atoms with Crippen LogP contribution in [0.3, 0.4) is 0 Å². The summed E-state index contributed by atoms with van der Waals surface area (Å²) in [5, 5.41) is 7.61. The number of rotatable bonds is 5. The highest BCUT2D eigenvalue weighted by atomic mass is 32.1. The maximum Gasteiger partial charge on any atom is 0.0578 e. The van der Waals surface area contributed by atoms with Gasteiger partial charge >= 0.3 is 0 Å². The molecule has 0 aliphatic carbocycles. The molecule has 1 unspecified atom stereocenters. The summed E-state index contributed by atoms with van der Waals surface area (Å²) < 4.78 is 0. The second kappa shape index (κ2) is 5.86. The summed E-state index contributed by atoms with van der Waals surface area (Å²) >= 11 is 3.57. The Morgan fingerprint density at radius 3 is 2.69 bits per heavy atom. The van der Waals surface area contributed by atoms with Crippen molar-refractivity contribution < 1.29 is 0 Å². The van der Waals surface area contributed by atoms with E-state index < -0.39 is 0 Å². The van der Waals surface area contributed by atoms with Crippen molar-refractivity contribution in [1.82, 2.24) is 5.32 Å². The molecular formula is C13H13NS2. The summed E-state index contributed by atoms with van der Waals surface area (Å²) in [4.78, 5) is 2.74. The van der Waals surface area contributed by atoms with Gasteiger partial charge in [0.05, 0.1) is 6.54 Å². The smallest absolute Gasteiger partial charge is 0.0578 e. The van der Waals surface area contributed by atoms with Gasteiger partial charge in [0.15, 0.2) is 0 Å². The van der Waals surface area contributed by atoms with Gasteiger partial charge in [0.2, 0.25) is 0 Å². The van der Waals surface area contributed by atoms with E-state index in [0.717, 1.165) is 6.42 Å². The van der Waals surface area contributed by atoms with E-state index in [1.54, 1.807) is 22.7 Å². The van der Waals surface area contributed by atoms with Crippen LogP contribution in [-0.4, -0.2) is 6.54 Å². The molecule has 16 heavy (non-hydrogen) atoms. The highest BCUT2D eigenvalue weighted by Crippen LogP contribution is 2.24. The fraction of sp³-hybridized carbons (Fsp3) is 0.231. The molecule has 0 aliphatic heterocycles. The van der Waals surface area contributed by atoms with Crippen molar-refractivity contribution >= 4 is 22.7 Å². The van der Waals surface area contributed by atoms with Gasteiger partial charge < -0.3 is 0 Å². The van der Waals surface area contributed by atoms with Crippen LogP contribution >= 0.6 is 22.7 Å². The molecule has 0 fully saturated rings. The first-order chi connectivity index (χ1) is 7.90. The minimum Gasteiger partial charge on any atom is -0.298 e. The van der Waals surface area contributed by atoms with Crippen LogP contribution in [0.5, 0.6) is 0 Å². The maximum atomic E-state index is 5.30. The molecule has 1 N–H and O–H groups in total. The molecule has 0 saturated carbocycles. The Morgan fingerprint density at radius 2 is 2.06 bits per heavy atom. The van der Waals surface area contributed by atoms with Crippen LogP contribution in [0, 0.1) is 12.3 Å². The van der Waals surface area contributed by atoms with Crippen LogP contribution in [-0.2, 0) is 6.42 Å². The van der Waals surface area contributed by atoms with Gasteiger partial charge in [0.25, 0.3) is 0 Å². The van der Waals surface area contributed by atoms with Crippen molar-refractivity contribution in [3.63, 3.8) is 0 Å². The molecular weight excluding hydrogens is 234 g/mol. The van der Waals surface area contributed by atoms with Crippen LogP contribution in [0.25, 0.3) is 0 Å². The highest BCUT2D eigenvalue weighted by molar-refractivity contribution is 7.10. The Labute approximate surface area is 104 Å². The summed E-state index contributed by atoms with van der Waals surface area (Å²) in [5.41, 5.74) is 0. The van der Waals surface area contributed by atoms with Crippen molar-refractivity contribution in [2.24, 2.45) is 0 Å². The summed E-state index contributed by atoms with van der Waals surface area (Å²) in [6.07, 6.45) is 6.31. The van der Waals surface area contributed by atoms with E-state index in [1.165, 1.54) is 9.75 Å². The molecule has 3 heteroatoms. The molecule has 2 rings (SSSR count). The summed E-state index contributed by atoms with van der Waals surface area (Å²) in [7, 11) is 0. The van der Waals surface area contributed by atoms with E-state index in [2.05, 4.69) is 46.3 Å². The van der Waals surface area contributed by atoms with E-state index in [0.29, 0.717) is 12.6 Å². The lowest BCUT2D eigenvalue weighted by Gasteiger charge is -2.14. The topological polar surface area (TPSA) is 12.0 Å². The van der Waals surface area contributed by atoms with Crippen LogP contribution < -0.4 is 5.32 Å². The number of nitrogens with one attached hydrogen (secondary N) is 1. The quantitative estimate of drug-likeness (QED) is 0.799. The van der Waals surface area contributed by atoms with Crippen molar-refractivity contribution in [1.29, 1.82) is 0 Å². The number of hydrogen-bond donors (Lipinski definition) is 1. The van der Waals surface area contributed by atoms with Gasteiger partial charge in [0.1, 0.15) is 0 Å². The Balaban J connectivity index is 2.06. The Bertz CT molecular complexity index is 437. The first-order valence-corrected chi connectivity index (χ1v) is 6.88. The molecule has 0 radical (unpaired) electrons. The van der Waals surface area contributed by atoms with Crippen molar-refractivity contribution in [3.05, 3.63) is 44.8 Å². The number of hydrogen-bond acceptors (Lipinski definition) is 3. The van der Waals surface area contributed by atoms with Gasteiger partial charge in [-0.3, -0.25) is 5.32 Å². The fourth-order valence-corrected chi connectivity index (χ4v) is 3.13. The first-order valence-electron chi connectivity index (χ1n) is 5.13. The average Bonchev–Trinajstić information content (AvgIpc) is 2.96. The van der Waals surface area contributed by atoms with Gasteiger partial charge in [0, 0.05) is 22.2 Å². The lowest BCUT2D eigenvalue weighted by molar-refractivity contribution is 0.582. The minimum absolute atomic E-state index is 0.342. The molecule has 0 aliphatic rings. The zero-order valence-electron chi connectivity index (χ0n) is 8.85. The van der Waals surface area contributed by atoms with E-state index in [-0.39, 0.29) is 0 Å². The van der Waals surface area contributed by atoms with E-state index >= 15 is 0 Å². The predicted octanol–water partition coefficient (Wildman–Crippen LogP) is 3.32. The van der Waals surface area contributed by atoms with E-state index in [9.17, 15) is 0 Å². The molecule has 0 amide bonds. The summed E-state index contributed by atoms with van der Waals surface area (Å²) in [6.45, 7) is 0.619. The van der Waals surface area contributed by atoms with Crippen molar-refractivity contribution in [3.8, 4) is 12.3 Å². The standard InChI is InChI=1S/C13H13NS2/c1-2-7-14-12(13-6-4-9-16-13)10-11-5-3-8-15-11/h1,3-6,8-9,12,14H,7,10H2. The lowest BCUT2D eigenvalue weighted by atomic mass is 10.1. The van der Waals surface area contributed by atoms with Gasteiger partial charge in [-0.05, 0) is 22.9 Å². The average molecular weight is 247 g/mol. The third-order valence-electron chi connectivity index (χ3n) is 2.32.